The average Bonchev–Trinajstić information content (AvgIpc) is 2.37. The number of hydrogen-bond donors (Lipinski definition) is 2. The van der Waals surface area contributed by atoms with E-state index in [1.54, 1.807) is 0 Å². The predicted molar refractivity (Wildman–Crippen MR) is 68.7 cm³/mol. The van der Waals surface area contributed by atoms with Crippen LogP contribution in [0.2, 0.25) is 0 Å². The van der Waals surface area contributed by atoms with Gasteiger partial charge in [0.25, 0.3) is 5.69 Å². The van der Waals surface area contributed by atoms with Gasteiger partial charge in [-0.2, -0.15) is 0 Å². The van der Waals surface area contributed by atoms with Crippen LogP contribution in [0.3, 0.4) is 0 Å². The van der Waals surface area contributed by atoms with Crippen molar-refractivity contribution in [2.45, 2.75) is 6.42 Å². The molecule has 0 unspecified atom stereocenters. The summed E-state index contributed by atoms with van der Waals surface area (Å²) >= 11 is 0. The van der Waals surface area contributed by atoms with E-state index in [-0.39, 0.29) is 12.1 Å². The molecule has 0 atom stereocenters. The lowest BCUT2D eigenvalue weighted by atomic mass is 10.1. The summed E-state index contributed by atoms with van der Waals surface area (Å²) in [6.07, 6.45) is -0.238. The summed E-state index contributed by atoms with van der Waals surface area (Å²) in [5.74, 6) is -3.34. The van der Waals surface area contributed by atoms with Crippen molar-refractivity contribution in [2.24, 2.45) is 0 Å². The third-order valence-electron chi connectivity index (χ3n) is 2.51. The maximum absolute atomic E-state index is 11.9. The molecule has 0 spiro atoms. The number of carboxylic acids is 2. The summed E-state index contributed by atoms with van der Waals surface area (Å²) < 4.78 is 0. The van der Waals surface area contributed by atoms with Crippen molar-refractivity contribution >= 4 is 23.5 Å². The smallest absolute Gasteiger partial charge is 0.323 e. The lowest BCUT2D eigenvalue weighted by Gasteiger charge is -2.18. The van der Waals surface area contributed by atoms with Gasteiger partial charge in [0.05, 0.1) is 11.3 Å². The first-order chi connectivity index (χ1) is 9.79. The Kier molecular flexibility index (Phi) is 5.35. The number of aliphatic carboxylic acids is 2. The van der Waals surface area contributed by atoms with Gasteiger partial charge in [0, 0.05) is 12.1 Å². The van der Waals surface area contributed by atoms with Gasteiger partial charge in [-0.25, -0.2) is 0 Å². The van der Waals surface area contributed by atoms with E-state index in [4.69, 9.17) is 10.2 Å². The summed E-state index contributed by atoms with van der Waals surface area (Å²) in [6, 6.07) is 5.13. The highest BCUT2D eigenvalue weighted by Crippen LogP contribution is 2.13. The number of benzene rings is 1. The zero-order valence-electron chi connectivity index (χ0n) is 10.8. The van der Waals surface area contributed by atoms with E-state index in [1.807, 2.05) is 0 Å². The average molecular weight is 296 g/mol. The molecule has 112 valence electrons. The molecule has 0 saturated carbocycles. The molecule has 1 aromatic rings. The molecule has 1 rings (SSSR count). The Morgan fingerprint density at radius 2 is 1.52 bits per heavy atom. The van der Waals surface area contributed by atoms with Crippen LogP contribution in [0.4, 0.5) is 5.69 Å². The Hall–Kier alpha value is -2.97. The van der Waals surface area contributed by atoms with Crippen LogP contribution in [0.15, 0.2) is 24.3 Å². The van der Waals surface area contributed by atoms with Crippen molar-refractivity contribution in [2.75, 3.05) is 13.1 Å². The van der Waals surface area contributed by atoms with Crippen molar-refractivity contribution in [1.82, 2.24) is 4.90 Å². The number of carbonyl (C=O) groups excluding carboxylic acids is 1. The van der Waals surface area contributed by atoms with Crippen LogP contribution in [0.1, 0.15) is 5.56 Å². The molecule has 9 nitrogen and oxygen atoms in total. The van der Waals surface area contributed by atoms with Gasteiger partial charge < -0.3 is 15.1 Å². The molecule has 0 radical (unpaired) electrons. The summed E-state index contributed by atoms with van der Waals surface area (Å²) in [6.45, 7) is -1.45. The highest BCUT2D eigenvalue weighted by atomic mass is 16.6. The van der Waals surface area contributed by atoms with E-state index in [9.17, 15) is 24.5 Å². The highest BCUT2D eigenvalue weighted by Gasteiger charge is 2.20. The number of non-ortho nitro benzene ring substituents is 1. The number of amides is 1. The fourth-order valence-electron chi connectivity index (χ4n) is 1.58. The zero-order valence-corrected chi connectivity index (χ0v) is 10.8. The van der Waals surface area contributed by atoms with E-state index in [0.29, 0.717) is 10.5 Å². The van der Waals surface area contributed by atoms with Crippen molar-refractivity contribution in [1.29, 1.82) is 0 Å². The summed E-state index contributed by atoms with van der Waals surface area (Å²) in [4.78, 5) is 43.7. The molecule has 9 heteroatoms. The number of nitro benzene ring substituents is 1. The second-order valence-electron chi connectivity index (χ2n) is 4.14. The second kappa shape index (κ2) is 6.98. The molecule has 0 fully saturated rings. The normalized spacial score (nSPS) is 9.90. The number of hydrogen-bond acceptors (Lipinski definition) is 5. The van der Waals surface area contributed by atoms with Crippen LogP contribution in [0.25, 0.3) is 0 Å². The van der Waals surface area contributed by atoms with E-state index in [1.165, 1.54) is 24.3 Å². The topological polar surface area (TPSA) is 138 Å². The van der Waals surface area contributed by atoms with Gasteiger partial charge >= 0.3 is 11.9 Å². The van der Waals surface area contributed by atoms with Crippen LogP contribution < -0.4 is 0 Å². The number of carboxylic acid groups (broad SMARTS) is 2. The first-order valence-corrected chi connectivity index (χ1v) is 5.74. The lowest BCUT2D eigenvalue weighted by Crippen LogP contribution is -2.40. The first-order valence-electron chi connectivity index (χ1n) is 5.74. The maximum atomic E-state index is 11.9. The van der Waals surface area contributed by atoms with Gasteiger partial charge in [0.2, 0.25) is 5.91 Å². The minimum atomic E-state index is -1.33. The Bertz CT molecular complexity index is 551. The maximum Gasteiger partial charge on any atom is 0.323 e. The number of nitro groups is 1. The van der Waals surface area contributed by atoms with Gasteiger partial charge in [0.15, 0.2) is 0 Å². The molecule has 0 aliphatic rings. The number of nitrogens with zero attached hydrogens (tertiary/aromatic N) is 2. The predicted octanol–water partition coefficient (Wildman–Crippen LogP) is 0.135. The Morgan fingerprint density at radius 3 is 1.90 bits per heavy atom. The van der Waals surface area contributed by atoms with Crippen molar-refractivity contribution < 1.29 is 29.5 Å². The molecule has 0 aliphatic carbocycles. The second-order valence-corrected chi connectivity index (χ2v) is 4.14. The zero-order chi connectivity index (χ0) is 16.0. The molecular formula is C12H12N2O7. The molecule has 21 heavy (non-hydrogen) atoms. The van der Waals surface area contributed by atoms with Gasteiger partial charge in [-0.3, -0.25) is 24.5 Å². The fraction of sp³-hybridized carbons (Fsp3) is 0.250. The van der Waals surface area contributed by atoms with Crippen LogP contribution in [-0.4, -0.2) is 51.0 Å². The van der Waals surface area contributed by atoms with E-state index < -0.39 is 35.9 Å². The number of carbonyl (C=O) groups is 3. The van der Waals surface area contributed by atoms with Crippen LogP contribution in [0, 0.1) is 10.1 Å². The highest BCUT2D eigenvalue weighted by molar-refractivity contribution is 5.86. The molecule has 0 aliphatic heterocycles. The van der Waals surface area contributed by atoms with Gasteiger partial charge in [-0.05, 0) is 5.56 Å². The summed E-state index contributed by atoms with van der Waals surface area (Å²) in [5.41, 5.74) is 0.283. The SMILES string of the molecule is O=C(O)CN(CC(=O)O)C(=O)Cc1ccc([N+](=O)[O-])cc1. The minimum absolute atomic E-state index is 0.140. The first kappa shape index (κ1) is 16.1. The molecule has 2 N–H and O–H groups in total. The number of rotatable bonds is 7. The van der Waals surface area contributed by atoms with E-state index >= 15 is 0 Å². The Labute approximate surface area is 118 Å². The molecule has 0 bridgehead atoms. The van der Waals surface area contributed by atoms with Gasteiger partial charge in [0.1, 0.15) is 13.1 Å². The van der Waals surface area contributed by atoms with Crippen LogP contribution >= 0.6 is 0 Å². The Morgan fingerprint density at radius 1 is 1.05 bits per heavy atom. The molecule has 0 aromatic heterocycles. The molecule has 0 heterocycles. The lowest BCUT2D eigenvalue weighted by molar-refractivity contribution is -0.384. The molecular weight excluding hydrogens is 284 g/mol. The molecule has 1 amide bonds. The Balaban J connectivity index is 2.77. The van der Waals surface area contributed by atoms with Gasteiger partial charge in [-0.15, -0.1) is 0 Å². The monoisotopic (exact) mass is 296 g/mol. The van der Waals surface area contributed by atoms with E-state index in [2.05, 4.69) is 0 Å². The molecule has 0 saturated heterocycles. The van der Waals surface area contributed by atoms with Crippen molar-refractivity contribution in [3.63, 3.8) is 0 Å². The van der Waals surface area contributed by atoms with Crippen molar-refractivity contribution in [3.05, 3.63) is 39.9 Å². The fourth-order valence-corrected chi connectivity index (χ4v) is 1.58. The van der Waals surface area contributed by atoms with Crippen molar-refractivity contribution in [3.8, 4) is 0 Å². The van der Waals surface area contributed by atoms with E-state index in [0.717, 1.165) is 0 Å². The van der Waals surface area contributed by atoms with Crippen LogP contribution in [-0.2, 0) is 20.8 Å². The minimum Gasteiger partial charge on any atom is -0.480 e. The van der Waals surface area contributed by atoms with Gasteiger partial charge in [-0.1, -0.05) is 12.1 Å². The summed E-state index contributed by atoms with van der Waals surface area (Å²) in [5, 5.41) is 27.8. The molecule has 1 aromatic carbocycles. The standard InChI is InChI=1S/C12H12N2O7/c15-10(13(6-11(16)17)7-12(18)19)5-8-1-3-9(4-2-8)14(20)21/h1-4H,5-7H2,(H,16,17)(H,18,19). The van der Waals surface area contributed by atoms with Crippen LogP contribution in [0.5, 0.6) is 0 Å². The largest absolute Gasteiger partial charge is 0.480 e. The third kappa shape index (κ3) is 5.27. The quantitative estimate of drug-likeness (QED) is 0.538. The summed E-state index contributed by atoms with van der Waals surface area (Å²) in [7, 11) is 0. The third-order valence-corrected chi connectivity index (χ3v) is 2.51.